The lowest BCUT2D eigenvalue weighted by atomic mass is 10.3. The second kappa shape index (κ2) is 6.22. The van der Waals surface area contributed by atoms with Crippen molar-refractivity contribution in [3.63, 3.8) is 0 Å². The summed E-state index contributed by atoms with van der Waals surface area (Å²) < 4.78 is 9.00. The summed E-state index contributed by atoms with van der Waals surface area (Å²) in [6.07, 6.45) is 1.71. The van der Waals surface area contributed by atoms with Crippen molar-refractivity contribution in [3.8, 4) is 0 Å². The predicted molar refractivity (Wildman–Crippen MR) is 47.0 cm³/mol. The molecular formula is C9H14O4. The zero-order chi connectivity index (χ0) is 10.3. The van der Waals surface area contributed by atoms with Crippen LogP contribution >= 0.6 is 0 Å². The van der Waals surface area contributed by atoms with Crippen LogP contribution in [0, 0.1) is 0 Å². The lowest BCUT2D eigenvalue weighted by Gasteiger charge is -2.00. The third-order valence-electron chi connectivity index (χ3n) is 1.15. The van der Waals surface area contributed by atoms with Gasteiger partial charge >= 0.3 is 11.9 Å². The van der Waals surface area contributed by atoms with Crippen LogP contribution in [0.5, 0.6) is 0 Å². The van der Waals surface area contributed by atoms with Crippen molar-refractivity contribution in [2.75, 3.05) is 13.2 Å². The normalized spacial score (nSPS) is 8.85. The molecule has 0 radical (unpaired) electrons. The molecule has 0 saturated heterocycles. The van der Waals surface area contributed by atoms with Gasteiger partial charge < -0.3 is 9.47 Å². The van der Waals surface area contributed by atoms with E-state index in [4.69, 9.17) is 0 Å². The molecule has 0 N–H and O–H groups in total. The first-order valence-corrected chi connectivity index (χ1v) is 4.05. The fourth-order valence-corrected chi connectivity index (χ4v) is 0.533. The molecule has 0 saturated carbocycles. The molecular weight excluding hydrogens is 172 g/mol. The molecule has 0 aliphatic carbocycles. The maximum Gasteiger partial charge on any atom is 0.417 e. The lowest BCUT2D eigenvalue weighted by molar-refractivity contribution is -0.166. The fraction of sp³-hybridized carbons (Fsp3) is 0.556. The number of hydrogen-bond donors (Lipinski definition) is 0. The van der Waals surface area contributed by atoms with Crippen LogP contribution in [0.25, 0.3) is 0 Å². The van der Waals surface area contributed by atoms with Crippen molar-refractivity contribution in [2.24, 2.45) is 0 Å². The maximum absolute atomic E-state index is 10.8. The van der Waals surface area contributed by atoms with E-state index in [1.807, 2.05) is 13.8 Å². The molecule has 0 aromatic heterocycles. The average molecular weight is 186 g/mol. The van der Waals surface area contributed by atoms with Gasteiger partial charge in [0, 0.05) is 0 Å². The largest absolute Gasteiger partial charge is 0.458 e. The Hall–Kier alpha value is -1.32. The van der Waals surface area contributed by atoms with Crippen molar-refractivity contribution in [2.45, 2.75) is 20.8 Å². The molecule has 0 aliphatic heterocycles. The Morgan fingerprint density at radius 3 is 2.15 bits per heavy atom. The van der Waals surface area contributed by atoms with Gasteiger partial charge in [-0.05, 0) is 26.8 Å². The molecule has 0 atom stereocenters. The Labute approximate surface area is 77.5 Å². The summed E-state index contributed by atoms with van der Waals surface area (Å²) >= 11 is 0. The minimum Gasteiger partial charge on any atom is -0.458 e. The highest BCUT2D eigenvalue weighted by Crippen LogP contribution is 1.90. The highest BCUT2D eigenvalue weighted by molar-refractivity contribution is 6.29. The molecule has 0 rings (SSSR count). The minimum absolute atomic E-state index is 0.111. The Bertz CT molecular complexity index is 214. The number of ether oxygens (including phenoxy) is 2. The number of allylic oxidation sites excluding steroid dienone is 1. The molecule has 0 fully saturated rings. The van der Waals surface area contributed by atoms with Crippen molar-refractivity contribution in [3.05, 3.63) is 11.6 Å². The molecule has 0 aromatic carbocycles. The summed E-state index contributed by atoms with van der Waals surface area (Å²) in [4.78, 5) is 21.5. The van der Waals surface area contributed by atoms with Gasteiger partial charge in [-0.15, -0.1) is 0 Å². The van der Waals surface area contributed by atoms with Crippen LogP contribution in [0.2, 0.25) is 0 Å². The third kappa shape index (κ3) is 5.90. The van der Waals surface area contributed by atoms with Crippen LogP contribution in [0.15, 0.2) is 11.6 Å². The SMILES string of the molecule is CCOC(=O)C(=O)OCC=C(C)C. The molecule has 4 heteroatoms. The summed E-state index contributed by atoms with van der Waals surface area (Å²) in [5, 5.41) is 0. The Kier molecular flexibility index (Phi) is 5.59. The highest BCUT2D eigenvalue weighted by Gasteiger charge is 2.15. The second-order valence-corrected chi connectivity index (χ2v) is 2.60. The topological polar surface area (TPSA) is 52.6 Å². The van der Waals surface area contributed by atoms with E-state index in [0.717, 1.165) is 5.57 Å². The van der Waals surface area contributed by atoms with Gasteiger partial charge in [-0.1, -0.05) is 5.57 Å². The quantitative estimate of drug-likeness (QED) is 0.375. The number of carbonyl (C=O) groups excluding carboxylic acids is 2. The lowest BCUT2D eigenvalue weighted by Crippen LogP contribution is -2.20. The van der Waals surface area contributed by atoms with Crippen LogP contribution < -0.4 is 0 Å². The van der Waals surface area contributed by atoms with E-state index in [1.54, 1.807) is 13.0 Å². The van der Waals surface area contributed by atoms with Crippen LogP contribution in [0.3, 0.4) is 0 Å². The van der Waals surface area contributed by atoms with E-state index in [9.17, 15) is 9.59 Å². The van der Waals surface area contributed by atoms with Gasteiger partial charge in [-0.2, -0.15) is 0 Å². The maximum atomic E-state index is 10.8. The molecule has 0 unspecified atom stereocenters. The van der Waals surface area contributed by atoms with Gasteiger partial charge in [0.05, 0.1) is 6.61 Å². The van der Waals surface area contributed by atoms with E-state index in [1.165, 1.54) is 0 Å². The Balaban J connectivity index is 3.75. The molecule has 13 heavy (non-hydrogen) atoms. The molecule has 0 heterocycles. The minimum atomic E-state index is -0.945. The summed E-state index contributed by atoms with van der Waals surface area (Å²) in [6.45, 7) is 5.66. The first-order valence-electron chi connectivity index (χ1n) is 4.05. The van der Waals surface area contributed by atoms with Gasteiger partial charge in [0.25, 0.3) is 0 Å². The molecule has 0 aliphatic rings. The molecule has 0 spiro atoms. The van der Waals surface area contributed by atoms with Crippen molar-refractivity contribution in [1.29, 1.82) is 0 Å². The van der Waals surface area contributed by atoms with Crippen LogP contribution in [-0.2, 0) is 19.1 Å². The van der Waals surface area contributed by atoms with Gasteiger partial charge in [0.15, 0.2) is 0 Å². The second-order valence-electron chi connectivity index (χ2n) is 2.60. The smallest absolute Gasteiger partial charge is 0.417 e. The number of esters is 2. The number of hydrogen-bond acceptors (Lipinski definition) is 4. The first kappa shape index (κ1) is 11.7. The fourth-order valence-electron chi connectivity index (χ4n) is 0.533. The molecule has 0 bridgehead atoms. The van der Waals surface area contributed by atoms with E-state index >= 15 is 0 Å². The van der Waals surface area contributed by atoms with E-state index in [-0.39, 0.29) is 13.2 Å². The summed E-state index contributed by atoms with van der Waals surface area (Å²) in [5.41, 5.74) is 1.02. The van der Waals surface area contributed by atoms with Crippen LogP contribution in [0.1, 0.15) is 20.8 Å². The van der Waals surface area contributed by atoms with Crippen molar-refractivity contribution in [1.82, 2.24) is 0 Å². The Morgan fingerprint density at radius 1 is 1.15 bits per heavy atom. The van der Waals surface area contributed by atoms with Crippen molar-refractivity contribution >= 4 is 11.9 Å². The average Bonchev–Trinajstić information content (AvgIpc) is 2.04. The standard InChI is InChI=1S/C9H14O4/c1-4-12-8(10)9(11)13-6-5-7(2)3/h5H,4,6H2,1-3H3. The number of rotatable bonds is 3. The third-order valence-corrected chi connectivity index (χ3v) is 1.15. The monoisotopic (exact) mass is 186 g/mol. The molecule has 4 nitrogen and oxygen atoms in total. The zero-order valence-electron chi connectivity index (χ0n) is 8.12. The summed E-state index contributed by atoms with van der Waals surface area (Å²) in [6, 6.07) is 0. The zero-order valence-corrected chi connectivity index (χ0v) is 8.12. The first-order chi connectivity index (χ1) is 6.07. The van der Waals surface area contributed by atoms with Gasteiger partial charge in [0.1, 0.15) is 6.61 Å². The van der Waals surface area contributed by atoms with Crippen molar-refractivity contribution < 1.29 is 19.1 Å². The Morgan fingerprint density at radius 2 is 1.69 bits per heavy atom. The highest BCUT2D eigenvalue weighted by atomic mass is 16.6. The van der Waals surface area contributed by atoms with E-state index < -0.39 is 11.9 Å². The van der Waals surface area contributed by atoms with Gasteiger partial charge in [0.2, 0.25) is 0 Å². The van der Waals surface area contributed by atoms with Gasteiger partial charge in [-0.25, -0.2) is 9.59 Å². The van der Waals surface area contributed by atoms with Gasteiger partial charge in [-0.3, -0.25) is 0 Å². The van der Waals surface area contributed by atoms with Crippen LogP contribution in [-0.4, -0.2) is 25.2 Å². The van der Waals surface area contributed by atoms with Crippen LogP contribution in [0.4, 0.5) is 0 Å². The van der Waals surface area contributed by atoms with E-state index in [2.05, 4.69) is 9.47 Å². The summed E-state index contributed by atoms with van der Waals surface area (Å²) in [5.74, 6) is -1.89. The number of carbonyl (C=O) groups is 2. The molecule has 74 valence electrons. The summed E-state index contributed by atoms with van der Waals surface area (Å²) in [7, 11) is 0. The predicted octanol–water partition coefficient (Wildman–Crippen LogP) is 1.06. The van der Waals surface area contributed by atoms with E-state index in [0.29, 0.717) is 0 Å². The molecule has 0 amide bonds. The molecule has 0 aromatic rings.